The molecule has 2 aromatic carbocycles. The lowest BCUT2D eigenvalue weighted by Crippen LogP contribution is -2.32. The Morgan fingerprint density at radius 2 is 1.77 bits per heavy atom. The molecule has 31 heavy (non-hydrogen) atoms. The van der Waals surface area contributed by atoms with Gasteiger partial charge in [0.15, 0.2) is 27.1 Å². The third-order valence-corrected chi connectivity index (χ3v) is 6.00. The fourth-order valence-corrected chi connectivity index (χ4v) is 4.59. The largest absolute Gasteiger partial charge is 0.486 e. The normalized spacial score (nSPS) is 14.6. The summed E-state index contributed by atoms with van der Waals surface area (Å²) in [5, 5.41) is 3.64. The lowest BCUT2D eigenvalue weighted by Gasteiger charge is -2.25. The second kappa shape index (κ2) is 8.26. The van der Waals surface area contributed by atoms with E-state index in [0.29, 0.717) is 41.2 Å². The van der Waals surface area contributed by atoms with Crippen LogP contribution in [0.15, 0.2) is 46.9 Å². The number of fused-ring (bicyclic) bond motifs is 2. The van der Waals surface area contributed by atoms with Gasteiger partial charge in [0.05, 0.1) is 11.8 Å². The predicted molar refractivity (Wildman–Crippen MR) is 117 cm³/mol. The molecule has 1 aliphatic heterocycles. The first-order valence-corrected chi connectivity index (χ1v) is 12.2. The number of ether oxygens (including phenoxy) is 2. The summed E-state index contributed by atoms with van der Waals surface area (Å²) in [6.45, 7) is 4.98. The second-order valence-electron chi connectivity index (χ2n) is 8.07. The number of furan rings is 1. The summed E-state index contributed by atoms with van der Waals surface area (Å²) in [5.41, 5.74) is 1.72. The molecule has 0 radical (unpaired) electrons. The first-order valence-electron chi connectivity index (χ1n) is 10.1. The van der Waals surface area contributed by atoms with E-state index in [0.717, 1.165) is 11.8 Å². The number of hydrogen-bond acceptors (Lipinski definition) is 6. The van der Waals surface area contributed by atoms with E-state index >= 15 is 0 Å². The van der Waals surface area contributed by atoms with Gasteiger partial charge >= 0.3 is 0 Å². The highest BCUT2D eigenvalue weighted by molar-refractivity contribution is 7.89. The summed E-state index contributed by atoms with van der Waals surface area (Å²) < 4.78 is 41.1. The Morgan fingerprint density at radius 1 is 1.06 bits per heavy atom. The number of rotatable bonds is 6. The van der Waals surface area contributed by atoms with Gasteiger partial charge in [-0.2, -0.15) is 0 Å². The highest BCUT2D eigenvalue weighted by atomic mass is 32.2. The second-order valence-corrected chi connectivity index (χ2v) is 10.2. The third kappa shape index (κ3) is 4.54. The monoisotopic (exact) mass is 443 g/mol. The van der Waals surface area contributed by atoms with Crippen LogP contribution < -0.4 is 14.8 Å². The number of carbonyl (C=O) groups excluding carboxylic acids is 1. The van der Waals surface area contributed by atoms with Crippen LogP contribution in [0.4, 0.5) is 0 Å². The molecule has 0 saturated heterocycles. The van der Waals surface area contributed by atoms with Gasteiger partial charge in [0, 0.05) is 17.2 Å². The molecule has 0 aliphatic carbocycles. The molecular formula is C23H25NO6S. The standard InChI is InChI=1S/C23H25NO6S/c1-14(2)21(15-8-9-19-20(12-15)29-11-10-28-19)24-23(25)22-17(13-31(3,26)27)16-6-4-5-7-18(16)30-22/h4-9,12,14,21H,10-11,13H2,1-3H3,(H,24,25). The SMILES string of the molecule is CC(C)C(NC(=O)c1oc2ccccc2c1CS(C)(=O)=O)c1ccc2c(c1)OCCO2. The molecular weight excluding hydrogens is 418 g/mol. The molecule has 3 aromatic rings. The average molecular weight is 444 g/mol. The summed E-state index contributed by atoms with van der Waals surface area (Å²) in [6, 6.07) is 12.3. The van der Waals surface area contributed by atoms with E-state index < -0.39 is 15.7 Å². The van der Waals surface area contributed by atoms with Crippen LogP contribution in [0.3, 0.4) is 0 Å². The molecule has 0 bridgehead atoms. The zero-order chi connectivity index (χ0) is 22.2. The molecule has 2 heterocycles. The molecule has 1 amide bonds. The number of hydrogen-bond donors (Lipinski definition) is 1. The summed E-state index contributed by atoms with van der Waals surface area (Å²) in [5.74, 6) is 0.678. The maximum atomic E-state index is 13.2. The molecule has 1 aromatic heterocycles. The Morgan fingerprint density at radius 3 is 2.48 bits per heavy atom. The third-order valence-electron chi connectivity index (χ3n) is 5.19. The van der Waals surface area contributed by atoms with Gasteiger partial charge in [0.25, 0.3) is 5.91 Å². The molecule has 1 aliphatic rings. The van der Waals surface area contributed by atoms with Gasteiger partial charge in [0.1, 0.15) is 18.8 Å². The van der Waals surface area contributed by atoms with Gasteiger partial charge < -0.3 is 19.2 Å². The summed E-state index contributed by atoms with van der Waals surface area (Å²) in [4.78, 5) is 13.2. The van der Waals surface area contributed by atoms with E-state index in [2.05, 4.69) is 5.32 Å². The molecule has 164 valence electrons. The zero-order valence-electron chi connectivity index (χ0n) is 17.7. The summed E-state index contributed by atoms with van der Waals surface area (Å²) in [6.07, 6.45) is 1.14. The number of para-hydroxylation sites is 1. The van der Waals surface area contributed by atoms with Crippen LogP contribution in [-0.2, 0) is 15.6 Å². The Labute approximate surface area is 181 Å². The van der Waals surface area contributed by atoms with Crippen molar-refractivity contribution < 1.29 is 27.1 Å². The molecule has 4 rings (SSSR count). The lowest BCUT2D eigenvalue weighted by atomic mass is 9.95. The quantitative estimate of drug-likeness (QED) is 0.621. The number of amides is 1. The first-order chi connectivity index (χ1) is 14.7. The lowest BCUT2D eigenvalue weighted by molar-refractivity contribution is 0.0898. The van der Waals surface area contributed by atoms with Gasteiger partial charge in [0.2, 0.25) is 0 Å². The molecule has 0 saturated carbocycles. The smallest absolute Gasteiger partial charge is 0.287 e. The van der Waals surface area contributed by atoms with E-state index in [1.807, 2.05) is 32.0 Å². The van der Waals surface area contributed by atoms with Gasteiger partial charge in [-0.1, -0.05) is 38.1 Å². The van der Waals surface area contributed by atoms with Crippen molar-refractivity contribution in [3.05, 3.63) is 59.4 Å². The number of nitrogens with one attached hydrogen (secondary N) is 1. The molecule has 7 nitrogen and oxygen atoms in total. The molecule has 1 unspecified atom stereocenters. The van der Waals surface area contributed by atoms with Crippen LogP contribution in [0, 0.1) is 5.92 Å². The van der Waals surface area contributed by atoms with Crippen molar-refractivity contribution in [3.8, 4) is 11.5 Å². The van der Waals surface area contributed by atoms with E-state index in [-0.39, 0.29) is 23.5 Å². The van der Waals surface area contributed by atoms with E-state index in [1.165, 1.54) is 0 Å². The van der Waals surface area contributed by atoms with Crippen LogP contribution in [0.25, 0.3) is 11.0 Å². The first kappa shape index (κ1) is 21.2. The van der Waals surface area contributed by atoms with Crippen molar-refractivity contribution in [1.29, 1.82) is 0 Å². The minimum absolute atomic E-state index is 0.0230. The number of sulfone groups is 1. The van der Waals surface area contributed by atoms with Crippen molar-refractivity contribution >= 4 is 26.7 Å². The molecule has 1 N–H and O–H groups in total. The Bertz CT molecular complexity index is 1230. The molecule has 1 atom stereocenters. The Balaban J connectivity index is 1.69. The van der Waals surface area contributed by atoms with E-state index in [1.54, 1.807) is 24.3 Å². The highest BCUT2D eigenvalue weighted by Gasteiger charge is 2.27. The van der Waals surface area contributed by atoms with Crippen LogP contribution in [0.1, 0.15) is 41.6 Å². The summed E-state index contributed by atoms with van der Waals surface area (Å²) in [7, 11) is -3.37. The van der Waals surface area contributed by atoms with Crippen molar-refractivity contribution in [2.24, 2.45) is 5.92 Å². The van der Waals surface area contributed by atoms with Gasteiger partial charge in [-0.3, -0.25) is 4.79 Å². The minimum Gasteiger partial charge on any atom is -0.486 e. The number of benzene rings is 2. The maximum Gasteiger partial charge on any atom is 0.287 e. The predicted octanol–water partition coefficient (Wildman–Crippen LogP) is 3.88. The van der Waals surface area contributed by atoms with Crippen LogP contribution in [0.2, 0.25) is 0 Å². The average Bonchev–Trinajstić information content (AvgIpc) is 3.08. The van der Waals surface area contributed by atoms with Crippen LogP contribution in [-0.4, -0.2) is 33.8 Å². The van der Waals surface area contributed by atoms with Crippen molar-refractivity contribution in [2.75, 3.05) is 19.5 Å². The van der Waals surface area contributed by atoms with Crippen molar-refractivity contribution in [1.82, 2.24) is 5.32 Å². The minimum atomic E-state index is -3.37. The highest BCUT2D eigenvalue weighted by Crippen LogP contribution is 2.35. The van der Waals surface area contributed by atoms with Crippen LogP contribution in [0.5, 0.6) is 11.5 Å². The van der Waals surface area contributed by atoms with Crippen LogP contribution >= 0.6 is 0 Å². The Kier molecular flexibility index (Phi) is 5.66. The summed E-state index contributed by atoms with van der Waals surface area (Å²) >= 11 is 0. The number of carbonyl (C=O) groups is 1. The van der Waals surface area contributed by atoms with Gasteiger partial charge in [-0.05, 0) is 29.7 Å². The van der Waals surface area contributed by atoms with Crippen molar-refractivity contribution in [3.63, 3.8) is 0 Å². The Hall–Kier alpha value is -3.00. The van der Waals surface area contributed by atoms with Crippen molar-refractivity contribution in [2.45, 2.75) is 25.6 Å². The maximum absolute atomic E-state index is 13.2. The zero-order valence-corrected chi connectivity index (χ0v) is 18.5. The fourth-order valence-electron chi connectivity index (χ4n) is 3.78. The fraction of sp³-hybridized carbons (Fsp3) is 0.348. The van der Waals surface area contributed by atoms with Gasteiger partial charge in [-0.15, -0.1) is 0 Å². The molecule has 0 fully saturated rings. The molecule has 0 spiro atoms. The van der Waals surface area contributed by atoms with E-state index in [4.69, 9.17) is 13.9 Å². The topological polar surface area (TPSA) is 94.8 Å². The van der Waals surface area contributed by atoms with Gasteiger partial charge in [-0.25, -0.2) is 8.42 Å². The van der Waals surface area contributed by atoms with E-state index in [9.17, 15) is 13.2 Å². The molecule has 8 heteroatoms.